The molecule has 1 heterocycles. The molecule has 0 unspecified atom stereocenters. The Kier molecular flexibility index (Phi) is 6.89. The second-order valence-corrected chi connectivity index (χ2v) is 9.06. The van der Waals surface area contributed by atoms with Gasteiger partial charge in [-0.1, -0.05) is 29.8 Å². The highest BCUT2D eigenvalue weighted by molar-refractivity contribution is 7.89. The summed E-state index contributed by atoms with van der Waals surface area (Å²) in [6.45, 7) is 6.61. The van der Waals surface area contributed by atoms with Crippen molar-refractivity contribution in [2.24, 2.45) is 0 Å². The number of carbonyl (C=O) groups excluding carboxylic acids is 1. The molecule has 0 saturated carbocycles. The number of ether oxygens (including phenoxy) is 1. The smallest absolute Gasteiger partial charge is 0.279 e. The van der Waals surface area contributed by atoms with Gasteiger partial charge >= 0.3 is 0 Å². The fourth-order valence-corrected chi connectivity index (χ4v) is 4.79. The van der Waals surface area contributed by atoms with E-state index in [-0.39, 0.29) is 5.91 Å². The first kappa shape index (κ1) is 21.3. The molecular formula is C21H28N3O4S+. The normalized spacial score (nSPS) is 15.8. The molecule has 3 rings (SSSR count). The van der Waals surface area contributed by atoms with Gasteiger partial charge in [0.05, 0.1) is 43.4 Å². The van der Waals surface area contributed by atoms with Gasteiger partial charge in [0, 0.05) is 0 Å². The quantitative estimate of drug-likeness (QED) is 0.701. The molecule has 1 fully saturated rings. The molecule has 0 radical (unpaired) electrons. The lowest BCUT2D eigenvalue weighted by molar-refractivity contribution is -0.895. The number of amides is 1. The number of quaternary nitrogens is 1. The van der Waals surface area contributed by atoms with E-state index in [1.807, 2.05) is 38.1 Å². The van der Waals surface area contributed by atoms with Crippen LogP contribution in [0.1, 0.15) is 12.5 Å². The van der Waals surface area contributed by atoms with Crippen molar-refractivity contribution < 1.29 is 22.8 Å². The van der Waals surface area contributed by atoms with Gasteiger partial charge in [0.1, 0.15) is 5.75 Å². The van der Waals surface area contributed by atoms with Crippen LogP contribution in [0.3, 0.4) is 0 Å². The second kappa shape index (κ2) is 9.39. The van der Waals surface area contributed by atoms with Crippen molar-refractivity contribution in [3.63, 3.8) is 0 Å². The SMILES string of the molecule is CCOc1ccccc1NC(=O)C[NH+]1CCN(S(=O)(=O)c2ccc(C)cc2)CC1. The first-order valence-electron chi connectivity index (χ1n) is 9.82. The van der Waals surface area contributed by atoms with Crippen molar-refractivity contribution >= 4 is 21.6 Å². The standard InChI is InChI=1S/C21H27N3O4S/c1-3-28-20-7-5-4-6-19(20)22-21(25)16-23-12-14-24(15-13-23)29(26,27)18-10-8-17(2)9-11-18/h4-11H,3,12-16H2,1-2H3,(H,22,25)/p+1. The molecule has 1 amide bonds. The van der Waals surface area contributed by atoms with Gasteiger partial charge in [0.25, 0.3) is 5.91 Å². The molecule has 2 aromatic carbocycles. The monoisotopic (exact) mass is 418 g/mol. The molecule has 156 valence electrons. The van der Waals surface area contributed by atoms with E-state index in [2.05, 4.69) is 5.32 Å². The third-order valence-electron chi connectivity index (χ3n) is 4.96. The van der Waals surface area contributed by atoms with Crippen LogP contribution in [0, 0.1) is 6.92 Å². The number of anilines is 1. The Bertz CT molecular complexity index is 937. The Balaban J connectivity index is 1.54. The lowest BCUT2D eigenvalue weighted by Gasteiger charge is -2.31. The Morgan fingerprint density at radius 2 is 1.76 bits per heavy atom. The van der Waals surface area contributed by atoms with Crippen LogP contribution >= 0.6 is 0 Å². The number of hydrogen-bond donors (Lipinski definition) is 2. The predicted molar refractivity (Wildman–Crippen MR) is 112 cm³/mol. The maximum absolute atomic E-state index is 12.8. The van der Waals surface area contributed by atoms with E-state index in [1.54, 1.807) is 24.3 Å². The van der Waals surface area contributed by atoms with Gasteiger partial charge in [-0.15, -0.1) is 0 Å². The van der Waals surface area contributed by atoms with E-state index in [0.717, 1.165) is 10.5 Å². The van der Waals surface area contributed by atoms with Gasteiger partial charge in [0.15, 0.2) is 6.54 Å². The van der Waals surface area contributed by atoms with Crippen molar-refractivity contribution in [3.8, 4) is 5.75 Å². The second-order valence-electron chi connectivity index (χ2n) is 7.12. The van der Waals surface area contributed by atoms with Crippen molar-refractivity contribution in [1.29, 1.82) is 0 Å². The summed E-state index contributed by atoms with van der Waals surface area (Å²) in [5, 5.41) is 2.90. The zero-order valence-electron chi connectivity index (χ0n) is 16.8. The van der Waals surface area contributed by atoms with E-state index in [4.69, 9.17) is 4.74 Å². The van der Waals surface area contributed by atoms with Crippen LogP contribution in [0.5, 0.6) is 5.75 Å². The molecule has 0 aliphatic carbocycles. The van der Waals surface area contributed by atoms with Crippen molar-refractivity contribution in [1.82, 2.24) is 4.31 Å². The highest BCUT2D eigenvalue weighted by Crippen LogP contribution is 2.23. The number of aryl methyl sites for hydroxylation is 1. The average molecular weight is 419 g/mol. The number of nitrogens with one attached hydrogen (secondary N) is 2. The van der Waals surface area contributed by atoms with Gasteiger partial charge in [-0.3, -0.25) is 4.79 Å². The summed E-state index contributed by atoms with van der Waals surface area (Å²) >= 11 is 0. The summed E-state index contributed by atoms with van der Waals surface area (Å²) < 4.78 is 32.6. The summed E-state index contributed by atoms with van der Waals surface area (Å²) in [4.78, 5) is 13.8. The molecule has 0 spiro atoms. The van der Waals surface area contributed by atoms with Gasteiger partial charge in [-0.2, -0.15) is 4.31 Å². The number of sulfonamides is 1. The number of hydrogen-bond acceptors (Lipinski definition) is 4. The largest absolute Gasteiger partial charge is 0.492 e. The van der Waals surface area contributed by atoms with Gasteiger partial charge < -0.3 is 15.0 Å². The Morgan fingerprint density at radius 3 is 2.41 bits per heavy atom. The molecule has 1 aliphatic rings. The van der Waals surface area contributed by atoms with Crippen LogP contribution in [0.4, 0.5) is 5.69 Å². The third kappa shape index (κ3) is 5.35. The summed E-state index contributed by atoms with van der Waals surface area (Å²) in [7, 11) is -3.49. The maximum Gasteiger partial charge on any atom is 0.279 e. The number of nitrogens with zero attached hydrogens (tertiary/aromatic N) is 1. The molecule has 0 aromatic heterocycles. The maximum atomic E-state index is 12.8. The lowest BCUT2D eigenvalue weighted by atomic mass is 10.2. The van der Waals surface area contributed by atoms with E-state index < -0.39 is 10.0 Å². The number of piperazine rings is 1. The summed E-state index contributed by atoms with van der Waals surface area (Å²) in [6, 6.07) is 14.2. The Labute approximate surface area is 172 Å². The number of benzene rings is 2. The molecule has 1 aliphatic heterocycles. The van der Waals surface area contributed by atoms with Crippen LogP contribution in [0.2, 0.25) is 0 Å². The van der Waals surface area contributed by atoms with E-state index in [1.165, 1.54) is 4.31 Å². The molecule has 2 aromatic rings. The fraction of sp³-hybridized carbons (Fsp3) is 0.381. The topological polar surface area (TPSA) is 80.2 Å². The predicted octanol–water partition coefficient (Wildman–Crippen LogP) is 0.922. The van der Waals surface area contributed by atoms with Crippen molar-refractivity contribution in [2.45, 2.75) is 18.7 Å². The fourth-order valence-electron chi connectivity index (χ4n) is 3.35. The summed E-state index contributed by atoms with van der Waals surface area (Å²) in [5.74, 6) is 0.536. The molecule has 8 heteroatoms. The molecule has 2 N–H and O–H groups in total. The van der Waals surface area contributed by atoms with Crippen LogP contribution in [0.15, 0.2) is 53.4 Å². The first-order chi connectivity index (χ1) is 13.9. The highest BCUT2D eigenvalue weighted by atomic mass is 32.2. The third-order valence-corrected chi connectivity index (χ3v) is 6.87. The van der Waals surface area contributed by atoms with Crippen LogP contribution in [-0.4, -0.2) is 58.0 Å². The van der Waals surface area contributed by atoms with E-state index in [9.17, 15) is 13.2 Å². The molecule has 0 atom stereocenters. The molecule has 7 nitrogen and oxygen atoms in total. The number of para-hydroxylation sites is 2. The van der Waals surface area contributed by atoms with Crippen molar-refractivity contribution in [2.75, 3.05) is 44.6 Å². The highest BCUT2D eigenvalue weighted by Gasteiger charge is 2.31. The van der Waals surface area contributed by atoms with Crippen molar-refractivity contribution in [3.05, 3.63) is 54.1 Å². The molecular weight excluding hydrogens is 390 g/mol. The Hall–Kier alpha value is -2.42. The van der Waals surface area contributed by atoms with E-state index >= 15 is 0 Å². The van der Waals surface area contributed by atoms with Crippen LogP contribution in [0.25, 0.3) is 0 Å². The zero-order chi connectivity index (χ0) is 20.9. The molecule has 29 heavy (non-hydrogen) atoms. The average Bonchev–Trinajstić information content (AvgIpc) is 2.70. The van der Waals surface area contributed by atoms with Crippen LogP contribution < -0.4 is 15.0 Å². The number of carbonyl (C=O) groups is 1. The molecule has 0 bridgehead atoms. The van der Waals surface area contributed by atoms with Gasteiger partial charge in [0.2, 0.25) is 10.0 Å². The van der Waals surface area contributed by atoms with Gasteiger partial charge in [-0.25, -0.2) is 8.42 Å². The number of rotatable bonds is 7. The zero-order valence-corrected chi connectivity index (χ0v) is 17.7. The first-order valence-corrected chi connectivity index (χ1v) is 11.3. The minimum atomic E-state index is -3.49. The minimum Gasteiger partial charge on any atom is -0.492 e. The van der Waals surface area contributed by atoms with Crippen LogP contribution in [-0.2, 0) is 14.8 Å². The van der Waals surface area contributed by atoms with E-state index in [0.29, 0.717) is 55.7 Å². The summed E-state index contributed by atoms with van der Waals surface area (Å²) in [6.07, 6.45) is 0. The summed E-state index contributed by atoms with van der Waals surface area (Å²) in [5.41, 5.74) is 1.68. The molecule has 1 saturated heterocycles. The van der Waals surface area contributed by atoms with Gasteiger partial charge in [-0.05, 0) is 38.1 Å². The minimum absolute atomic E-state index is 0.109. The Morgan fingerprint density at radius 1 is 1.10 bits per heavy atom. The lowest BCUT2D eigenvalue weighted by Crippen LogP contribution is -3.15.